The Morgan fingerprint density at radius 3 is 2.55 bits per heavy atom. The zero-order chi connectivity index (χ0) is 15.3. The number of anilines is 1. The molecule has 1 amide bonds. The number of benzene rings is 1. The van der Waals surface area contributed by atoms with Crippen molar-refractivity contribution in [3.8, 4) is 0 Å². The summed E-state index contributed by atoms with van der Waals surface area (Å²) in [6.07, 6.45) is 1.62. The molecule has 0 bridgehead atoms. The number of nitrogens with two attached hydrogens (primary N) is 1. The third kappa shape index (κ3) is 4.56. The van der Waals surface area contributed by atoms with Crippen LogP contribution in [-0.4, -0.2) is 12.5 Å². The van der Waals surface area contributed by atoms with Crippen LogP contribution in [0.4, 0.5) is 14.5 Å². The maximum absolute atomic E-state index is 13.7. The first-order chi connectivity index (χ1) is 9.26. The molecule has 0 spiro atoms. The minimum Gasteiger partial charge on any atom is -0.330 e. The number of amides is 1. The summed E-state index contributed by atoms with van der Waals surface area (Å²) in [6, 6.07) is 2.48. The van der Waals surface area contributed by atoms with Crippen LogP contribution in [0.5, 0.6) is 0 Å². The van der Waals surface area contributed by atoms with E-state index in [-0.39, 0.29) is 17.5 Å². The number of aryl methyl sites for hydroxylation is 1. The predicted octanol–water partition coefficient (Wildman–Crippen LogP) is 3.37. The van der Waals surface area contributed by atoms with Crippen molar-refractivity contribution in [2.45, 2.75) is 40.0 Å². The smallest absolute Gasteiger partial charge is 0.224 e. The first kappa shape index (κ1) is 16.6. The van der Waals surface area contributed by atoms with Gasteiger partial charge in [-0.3, -0.25) is 4.79 Å². The first-order valence-corrected chi connectivity index (χ1v) is 6.71. The van der Waals surface area contributed by atoms with Gasteiger partial charge in [0.1, 0.15) is 11.5 Å². The van der Waals surface area contributed by atoms with Gasteiger partial charge < -0.3 is 11.1 Å². The predicted molar refractivity (Wildman–Crippen MR) is 76.4 cm³/mol. The van der Waals surface area contributed by atoms with E-state index in [0.29, 0.717) is 18.5 Å². The highest BCUT2D eigenvalue weighted by molar-refractivity contribution is 5.91. The Morgan fingerprint density at radius 1 is 1.30 bits per heavy atom. The van der Waals surface area contributed by atoms with Crippen LogP contribution < -0.4 is 11.1 Å². The van der Waals surface area contributed by atoms with Crippen molar-refractivity contribution in [1.29, 1.82) is 0 Å². The lowest BCUT2D eigenvalue weighted by Crippen LogP contribution is -2.21. The van der Waals surface area contributed by atoms with Crippen molar-refractivity contribution in [1.82, 2.24) is 0 Å². The van der Waals surface area contributed by atoms with E-state index in [1.54, 1.807) is 0 Å². The van der Waals surface area contributed by atoms with Gasteiger partial charge in [-0.05, 0) is 43.4 Å². The van der Waals surface area contributed by atoms with Crippen LogP contribution >= 0.6 is 0 Å². The van der Waals surface area contributed by atoms with Gasteiger partial charge in [0.25, 0.3) is 0 Å². The van der Waals surface area contributed by atoms with Crippen molar-refractivity contribution in [3.63, 3.8) is 0 Å². The summed E-state index contributed by atoms with van der Waals surface area (Å²) in [6.45, 7) is 6.10. The summed E-state index contributed by atoms with van der Waals surface area (Å²) in [5.74, 6) is -1.87. The Bertz CT molecular complexity index is 487. The molecule has 0 aliphatic carbocycles. The minimum absolute atomic E-state index is 0.0597. The molecule has 0 aliphatic heterocycles. The molecule has 0 saturated carbocycles. The molecule has 0 aliphatic rings. The Morgan fingerprint density at radius 2 is 1.95 bits per heavy atom. The molecule has 20 heavy (non-hydrogen) atoms. The molecule has 5 heteroatoms. The van der Waals surface area contributed by atoms with Crippen molar-refractivity contribution >= 4 is 11.6 Å². The average Bonchev–Trinajstić information content (AvgIpc) is 2.37. The number of rotatable bonds is 6. The fourth-order valence-electron chi connectivity index (χ4n) is 1.94. The molecule has 3 N–H and O–H groups in total. The molecule has 3 nitrogen and oxygen atoms in total. The third-order valence-electron chi connectivity index (χ3n) is 3.40. The molecule has 0 fully saturated rings. The van der Waals surface area contributed by atoms with Gasteiger partial charge in [0.15, 0.2) is 5.82 Å². The normalized spacial score (nSPS) is 11.5. The molecular formula is C15H22F2N2O. The van der Waals surface area contributed by atoms with Gasteiger partial charge in [0.2, 0.25) is 5.91 Å². The van der Waals surface area contributed by atoms with E-state index in [1.165, 1.54) is 13.0 Å². The number of carbonyl (C=O) groups is 1. The molecule has 0 unspecified atom stereocenters. The molecule has 0 atom stereocenters. The minimum atomic E-state index is -0.761. The molecule has 1 aromatic rings. The zero-order valence-corrected chi connectivity index (χ0v) is 12.2. The Hall–Kier alpha value is -1.49. The Balaban J connectivity index is 2.66. The Kier molecular flexibility index (Phi) is 5.62. The topological polar surface area (TPSA) is 55.1 Å². The number of halogens is 2. The molecule has 0 saturated heterocycles. The van der Waals surface area contributed by atoms with Crippen LogP contribution in [0.1, 0.15) is 38.7 Å². The highest BCUT2D eigenvalue weighted by atomic mass is 19.1. The lowest BCUT2D eigenvalue weighted by molar-refractivity contribution is -0.116. The second-order valence-corrected chi connectivity index (χ2v) is 5.80. The molecule has 1 rings (SSSR count). The third-order valence-corrected chi connectivity index (χ3v) is 3.40. The summed E-state index contributed by atoms with van der Waals surface area (Å²) >= 11 is 0. The summed E-state index contributed by atoms with van der Waals surface area (Å²) in [5.41, 5.74) is 5.37. The fraction of sp³-hybridized carbons (Fsp3) is 0.533. The van der Waals surface area contributed by atoms with E-state index in [4.69, 9.17) is 5.73 Å². The highest BCUT2D eigenvalue weighted by Gasteiger charge is 2.20. The lowest BCUT2D eigenvalue weighted by atomic mass is 9.84. The number of hydrogen-bond donors (Lipinski definition) is 2. The quantitative estimate of drug-likeness (QED) is 0.841. The van der Waals surface area contributed by atoms with E-state index < -0.39 is 17.5 Å². The molecule has 112 valence electrons. The molecular weight excluding hydrogens is 262 g/mol. The second-order valence-electron chi connectivity index (χ2n) is 5.80. The van der Waals surface area contributed by atoms with Gasteiger partial charge in [-0.15, -0.1) is 0 Å². The van der Waals surface area contributed by atoms with Crippen molar-refractivity contribution in [3.05, 3.63) is 29.3 Å². The molecule has 1 aromatic carbocycles. The maximum Gasteiger partial charge on any atom is 0.224 e. The van der Waals surface area contributed by atoms with Gasteiger partial charge in [0, 0.05) is 6.42 Å². The van der Waals surface area contributed by atoms with Crippen molar-refractivity contribution in [2.75, 3.05) is 11.9 Å². The highest BCUT2D eigenvalue weighted by Crippen LogP contribution is 2.27. The van der Waals surface area contributed by atoms with Gasteiger partial charge in [0.05, 0.1) is 0 Å². The second kappa shape index (κ2) is 6.79. The van der Waals surface area contributed by atoms with Crippen LogP contribution in [0.15, 0.2) is 12.1 Å². The number of nitrogens with one attached hydrogen (secondary N) is 1. The summed E-state index contributed by atoms with van der Waals surface area (Å²) in [4.78, 5) is 11.8. The van der Waals surface area contributed by atoms with Gasteiger partial charge in [-0.1, -0.05) is 19.9 Å². The summed E-state index contributed by atoms with van der Waals surface area (Å²) in [7, 11) is 0. The lowest BCUT2D eigenvalue weighted by Gasteiger charge is -2.23. The van der Waals surface area contributed by atoms with E-state index in [1.807, 2.05) is 13.8 Å². The average molecular weight is 284 g/mol. The standard InChI is InChI=1S/C15H22F2N2O/c1-10-4-5-11(16)14(13(10)17)19-12(20)6-7-15(2,3)8-9-18/h4-5H,6-9,18H2,1-3H3,(H,19,20). The van der Waals surface area contributed by atoms with E-state index in [9.17, 15) is 13.6 Å². The maximum atomic E-state index is 13.7. The van der Waals surface area contributed by atoms with Crippen LogP contribution in [0.25, 0.3) is 0 Å². The molecule has 0 heterocycles. The molecule has 0 radical (unpaired) electrons. The summed E-state index contributed by atoms with van der Waals surface area (Å²) in [5, 5.41) is 2.31. The zero-order valence-electron chi connectivity index (χ0n) is 12.2. The van der Waals surface area contributed by atoms with Gasteiger partial charge >= 0.3 is 0 Å². The SMILES string of the molecule is Cc1ccc(F)c(NC(=O)CCC(C)(C)CCN)c1F. The van der Waals surface area contributed by atoms with Crippen LogP contribution in [0, 0.1) is 24.0 Å². The first-order valence-electron chi connectivity index (χ1n) is 6.71. The summed E-state index contributed by atoms with van der Waals surface area (Å²) < 4.78 is 27.3. The van der Waals surface area contributed by atoms with Gasteiger partial charge in [-0.2, -0.15) is 0 Å². The van der Waals surface area contributed by atoms with E-state index in [0.717, 1.165) is 12.5 Å². The largest absolute Gasteiger partial charge is 0.330 e. The van der Waals surface area contributed by atoms with Crippen LogP contribution in [0.3, 0.4) is 0 Å². The van der Waals surface area contributed by atoms with E-state index in [2.05, 4.69) is 5.32 Å². The van der Waals surface area contributed by atoms with Crippen LogP contribution in [-0.2, 0) is 4.79 Å². The van der Waals surface area contributed by atoms with Gasteiger partial charge in [-0.25, -0.2) is 8.78 Å². The van der Waals surface area contributed by atoms with E-state index >= 15 is 0 Å². The van der Waals surface area contributed by atoms with Crippen molar-refractivity contribution < 1.29 is 13.6 Å². The fourth-order valence-corrected chi connectivity index (χ4v) is 1.94. The Labute approximate surface area is 118 Å². The van der Waals surface area contributed by atoms with Crippen LogP contribution in [0.2, 0.25) is 0 Å². The van der Waals surface area contributed by atoms with Crippen molar-refractivity contribution in [2.24, 2.45) is 11.1 Å². The monoisotopic (exact) mass is 284 g/mol. The number of hydrogen-bond acceptors (Lipinski definition) is 2. The number of carbonyl (C=O) groups excluding carboxylic acids is 1. The molecule has 0 aromatic heterocycles.